The first kappa shape index (κ1) is 26.0. The third-order valence-corrected chi connectivity index (χ3v) is 6.99. The van der Waals surface area contributed by atoms with Crippen molar-refractivity contribution in [1.29, 1.82) is 0 Å². The maximum absolute atomic E-state index is 2.38. The lowest BCUT2D eigenvalue weighted by Crippen LogP contribution is -2.21. The maximum atomic E-state index is 2.38. The van der Waals surface area contributed by atoms with Gasteiger partial charge in [0.25, 0.3) is 0 Å². The van der Waals surface area contributed by atoms with Crippen LogP contribution in [0.4, 0.5) is 11.4 Å². The van der Waals surface area contributed by atoms with Gasteiger partial charge in [-0.25, -0.2) is 0 Å². The van der Waals surface area contributed by atoms with Crippen LogP contribution in [0.1, 0.15) is 43.0 Å². The van der Waals surface area contributed by atoms with Gasteiger partial charge < -0.3 is 9.80 Å². The van der Waals surface area contributed by atoms with E-state index in [9.17, 15) is 0 Å². The molecule has 0 radical (unpaired) electrons. The molecular formula is C35H38N2. The number of rotatable bonds is 10. The minimum Gasteiger partial charge on any atom is -0.375 e. The zero-order chi connectivity index (χ0) is 26.0. The molecule has 2 nitrogen and oxygen atoms in total. The topological polar surface area (TPSA) is 6.48 Å². The Morgan fingerprint density at radius 3 is 1.24 bits per heavy atom. The number of hydrogen-bond donors (Lipinski definition) is 0. The fourth-order valence-electron chi connectivity index (χ4n) is 4.64. The predicted molar refractivity (Wildman–Crippen MR) is 162 cm³/mol. The Balaban J connectivity index is 1.83. The third kappa shape index (κ3) is 6.40. The summed E-state index contributed by atoms with van der Waals surface area (Å²) < 4.78 is 0. The van der Waals surface area contributed by atoms with Gasteiger partial charge in [-0.05, 0) is 78.4 Å². The van der Waals surface area contributed by atoms with Gasteiger partial charge >= 0.3 is 0 Å². The molecule has 0 saturated carbocycles. The van der Waals surface area contributed by atoms with E-state index in [4.69, 9.17) is 0 Å². The SMILES string of the molecule is CCN(C)c1ccc(C(=CC=C(c2ccccc2)c2ccccc2)c2ccc(N(CC)CC)cc2)cc1. The van der Waals surface area contributed by atoms with Crippen LogP contribution in [0.25, 0.3) is 11.1 Å². The number of benzene rings is 4. The summed E-state index contributed by atoms with van der Waals surface area (Å²) in [4.78, 5) is 4.64. The smallest absolute Gasteiger partial charge is 0.0366 e. The van der Waals surface area contributed by atoms with Crippen molar-refractivity contribution in [3.8, 4) is 0 Å². The third-order valence-electron chi connectivity index (χ3n) is 6.99. The van der Waals surface area contributed by atoms with Gasteiger partial charge in [-0.2, -0.15) is 0 Å². The average Bonchev–Trinajstić information content (AvgIpc) is 2.97. The lowest BCUT2D eigenvalue weighted by molar-refractivity contribution is 0.866. The van der Waals surface area contributed by atoms with Crippen molar-refractivity contribution in [3.63, 3.8) is 0 Å². The van der Waals surface area contributed by atoms with Gasteiger partial charge in [0.1, 0.15) is 0 Å². The summed E-state index contributed by atoms with van der Waals surface area (Å²) in [5.74, 6) is 0. The molecule has 188 valence electrons. The van der Waals surface area contributed by atoms with Crippen LogP contribution in [0.3, 0.4) is 0 Å². The molecule has 0 unspecified atom stereocenters. The van der Waals surface area contributed by atoms with E-state index in [-0.39, 0.29) is 0 Å². The number of anilines is 2. The summed E-state index contributed by atoms with van der Waals surface area (Å²) in [7, 11) is 2.13. The van der Waals surface area contributed by atoms with E-state index in [0.29, 0.717) is 0 Å². The van der Waals surface area contributed by atoms with Crippen molar-refractivity contribution < 1.29 is 0 Å². The van der Waals surface area contributed by atoms with Crippen LogP contribution >= 0.6 is 0 Å². The zero-order valence-corrected chi connectivity index (χ0v) is 22.6. The minimum atomic E-state index is 0.981. The van der Waals surface area contributed by atoms with Gasteiger partial charge in [0.2, 0.25) is 0 Å². The fourth-order valence-corrected chi connectivity index (χ4v) is 4.64. The van der Waals surface area contributed by atoms with Gasteiger partial charge in [-0.3, -0.25) is 0 Å². The summed E-state index contributed by atoms with van der Waals surface area (Å²) in [6.45, 7) is 9.58. The van der Waals surface area contributed by atoms with Crippen molar-refractivity contribution in [3.05, 3.63) is 144 Å². The van der Waals surface area contributed by atoms with Gasteiger partial charge in [0.15, 0.2) is 0 Å². The molecule has 0 atom stereocenters. The molecule has 0 N–H and O–H groups in total. The maximum Gasteiger partial charge on any atom is 0.0366 e. The van der Waals surface area contributed by atoms with Crippen molar-refractivity contribution >= 4 is 22.5 Å². The Morgan fingerprint density at radius 2 is 0.865 bits per heavy atom. The van der Waals surface area contributed by atoms with Crippen LogP contribution in [0.5, 0.6) is 0 Å². The number of allylic oxidation sites excluding steroid dienone is 2. The Labute approximate surface area is 223 Å². The zero-order valence-electron chi connectivity index (χ0n) is 22.6. The van der Waals surface area contributed by atoms with Crippen LogP contribution in [-0.2, 0) is 0 Å². The molecule has 0 amide bonds. The van der Waals surface area contributed by atoms with Crippen LogP contribution in [0.2, 0.25) is 0 Å². The summed E-state index contributed by atoms with van der Waals surface area (Å²) >= 11 is 0. The molecule has 0 saturated heterocycles. The largest absolute Gasteiger partial charge is 0.375 e. The summed E-state index contributed by atoms with van der Waals surface area (Å²) in [6, 6.07) is 39.2. The molecule has 0 aromatic heterocycles. The van der Waals surface area contributed by atoms with Crippen molar-refractivity contribution in [2.24, 2.45) is 0 Å². The van der Waals surface area contributed by atoms with Crippen LogP contribution in [-0.4, -0.2) is 26.7 Å². The molecule has 0 aliphatic heterocycles. The Bertz CT molecular complexity index is 1260. The van der Waals surface area contributed by atoms with Gasteiger partial charge in [-0.1, -0.05) is 97.1 Å². The molecule has 0 bridgehead atoms. The van der Waals surface area contributed by atoms with E-state index in [1.165, 1.54) is 44.8 Å². The highest BCUT2D eigenvalue weighted by Gasteiger charge is 2.09. The molecule has 0 fully saturated rings. The van der Waals surface area contributed by atoms with Gasteiger partial charge in [0.05, 0.1) is 0 Å². The first-order valence-corrected chi connectivity index (χ1v) is 13.3. The molecule has 0 aliphatic rings. The molecular weight excluding hydrogens is 448 g/mol. The molecule has 4 rings (SSSR count). The van der Waals surface area contributed by atoms with E-state index in [1.807, 2.05) is 0 Å². The molecule has 0 heterocycles. The normalized spacial score (nSPS) is 11.2. The number of hydrogen-bond acceptors (Lipinski definition) is 2. The Morgan fingerprint density at radius 1 is 0.486 bits per heavy atom. The quantitative estimate of drug-likeness (QED) is 0.207. The predicted octanol–water partition coefficient (Wildman–Crippen LogP) is 8.55. The lowest BCUT2D eigenvalue weighted by Gasteiger charge is -2.21. The van der Waals surface area contributed by atoms with Crippen molar-refractivity contribution in [2.75, 3.05) is 36.5 Å². The van der Waals surface area contributed by atoms with Crippen molar-refractivity contribution in [2.45, 2.75) is 20.8 Å². The molecule has 37 heavy (non-hydrogen) atoms. The Kier molecular flexibility index (Phi) is 8.99. The highest BCUT2D eigenvalue weighted by atomic mass is 15.1. The van der Waals surface area contributed by atoms with Gasteiger partial charge in [-0.15, -0.1) is 0 Å². The van der Waals surface area contributed by atoms with Crippen LogP contribution < -0.4 is 9.80 Å². The van der Waals surface area contributed by atoms with E-state index < -0.39 is 0 Å². The lowest BCUT2D eigenvalue weighted by atomic mass is 9.93. The summed E-state index contributed by atoms with van der Waals surface area (Å²) in [6.07, 6.45) is 4.55. The van der Waals surface area contributed by atoms with E-state index in [0.717, 1.165) is 19.6 Å². The number of nitrogens with zero attached hydrogens (tertiary/aromatic N) is 2. The molecule has 0 aliphatic carbocycles. The van der Waals surface area contributed by atoms with Gasteiger partial charge in [0, 0.05) is 38.1 Å². The molecule has 0 spiro atoms. The Hall–Kier alpha value is -4.04. The standard InChI is InChI=1S/C35H38N2/c1-5-36(4)32-22-18-30(19-23-32)35(31-20-24-33(25-21-31)37(6-2)7-3)27-26-34(28-14-10-8-11-15-28)29-16-12-9-13-17-29/h8-27H,5-7H2,1-4H3. The van der Waals surface area contributed by atoms with E-state index in [1.54, 1.807) is 0 Å². The second kappa shape index (κ2) is 12.8. The van der Waals surface area contributed by atoms with Crippen LogP contribution in [0, 0.1) is 0 Å². The van der Waals surface area contributed by atoms with Crippen LogP contribution in [0.15, 0.2) is 121 Å². The first-order valence-electron chi connectivity index (χ1n) is 13.3. The second-order valence-electron chi connectivity index (χ2n) is 9.17. The monoisotopic (exact) mass is 486 g/mol. The van der Waals surface area contributed by atoms with Crippen molar-refractivity contribution in [1.82, 2.24) is 0 Å². The minimum absolute atomic E-state index is 0.981. The second-order valence-corrected chi connectivity index (χ2v) is 9.17. The van der Waals surface area contributed by atoms with E-state index >= 15 is 0 Å². The fraction of sp³-hybridized carbons (Fsp3) is 0.200. The highest BCUT2D eigenvalue weighted by Crippen LogP contribution is 2.30. The molecule has 4 aromatic rings. The molecule has 2 heteroatoms. The van der Waals surface area contributed by atoms with E-state index in [2.05, 4.69) is 159 Å². The molecule has 4 aromatic carbocycles. The highest BCUT2D eigenvalue weighted by molar-refractivity contribution is 5.86. The first-order chi connectivity index (χ1) is 18.1. The average molecular weight is 487 g/mol. The summed E-state index contributed by atoms with van der Waals surface area (Å²) in [5, 5.41) is 0. The summed E-state index contributed by atoms with van der Waals surface area (Å²) in [5.41, 5.74) is 9.75.